The molecule has 1 aromatic rings. The normalized spacial score (nSPS) is 21.0. The molecule has 0 saturated carbocycles. The Morgan fingerprint density at radius 2 is 1.96 bits per heavy atom. The van der Waals surface area contributed by atoms with Crippen molar-refractivity contribution in [2.45, 2.75) is 19.7 Å². The van der Waals surface area contributed by atoms with Gasteiger partial charge in [0.15, 0.2) is 6.23 Å². The Hall–Kier alpha value is -2.02. The number of halogens is 1. The number of hydrogen-bond donors (Lipinski definition) is 1. The number of carboxylic acids is 1. The molecule has 0 spiro atoms. The molecule has 1 fully saturated rings. The number of morpholine rings is 1. The zero-order valence-electron chi connectivity index (χ0n) is 14.9. The number of ether oxygens (including phenoxy) is 2. The number of hydrogen-bond acceptors (Lipinski definition) is 5. The SMILES string of the molecule is COC1C(C(=O)O)=C(C)C=C(N2CCOCC2)N1Cc1ccc(Cl)cc1. The third-order valence-corrected chi connectivity index (χ3v) is 4.90. The maximum Gasteiger partial charge on any atom is 0.336 e. The number of benzene rings is 1. The van der Waals surface area contributed by atoms with Crippen LogP contribution in [0.4, 0.5) is 0 Å². The molecule has 140 valence electrons. The highest BCUT2D eigenvalue weighted by atomic mass is 35.5. The zero-order chi connectivity index (χ0) is 18.7. The molecule has 1 N–H and O–H groups in total. The average molecular weight is 379 g/mol. The first-order valence-electron chi connectivity index (χ1n) is 8.53. The molecular formula is C19H23ClN2O4. The van der Waals surface area contributed by atoms with Crippen LogP contribution in [0.5, 0.6) is 0 Å². The molecule has 1 aromatic carbocycles. The van der Waals surface area contributed by atoms with Gasteiger partial charge in [0.1, 0.15) is 5.82 Å². The van der Waals surface area contributed by atoms with Crippen LogP contribution in [0.3, 0.4) is 0 Å². The first-order valence-corrected chi connectivity index (χ1v) is 8.91. The van der Waals surface area contributed by atoms with Gasteiger partial charge in [-0.2, -0.15) is 0 Å². The Kier molecular flexibility index (Phi) is 5.86. The van der Waals surface area contributed by atoms with Crippen molar-refractivity contribution in [2.75, 3.05) is 33.4 Å². The number of nitrogens with zero attached hydrogens (tertiary/aromatic N) is 2. The zero-order valence-corrected chi connectivity index (χ0v) is 15.7. The summed E-state index contributed by atoms with van der Waals surface area (Å²) in [4.78, 5) is 16.0. The van der Waals surface area contributed by atoms with E-state index < -0.39 is 12.2 Å². The van der Waals surface area contributed by atoms with Crippen molar-refractivity contribution in [1.29, 1.82) is 0 Å². The minimum atomic E-state index is -0.965. The van der Waals surface area contributed by atoms with Gasteiger partial charge in [-0.1, -0.05) is 23.7 Å². The van der Waals surface area contributed by atoms with Gasteiger partial charge in [0.05, 0.1) is 18.8 Å². The lowest BCUT2D eigenvalue weighted by Crippen LogP contribution is -2.49. The highest BCUT2D eigenvalue weighted by Crippen LogP contribution is 2.31. The lowest BCUT2D eigenvalue weighted by molar-refractivity contribution is -0.136. The van der Waals surface area contributed by atoms with Crippen LogP contribution in [0.25, 0.3) is 0 Å². The average Bonchev–Trinajstić information content (AvgIpc) is 2.64. The minimum Gasteiger partial charge on any atom is -0.478 e. The first-order chi connectivity index (χ1) is 12.5. The predicted molar refractivity (Wildman–Crippen MR) is 98.6 cm³/mol. The molecule has 1 unspecified atom stereocenters. The lowest BCUT2D eigenvalue weighted by atomic mass is 10.0. The third-order valence-electron chi connectivity index (χ3n) is 4.65. The molecule has 6 nitrogen and oxygen atoms in total. The fourth-order valence-corrected chi connectivity index (χ4v) is 3.49. The van der Waals surface area contributed by atoms with E-state index >= 15 is 0 Å². The highest BCUT2D eigenvalue weighted by Gasteiger charge is 2.35. The molecule has 2 aliphatic heterocycles. The molecule has 7 heteroatoms. The summed E-state index contributed by atoms with van der Waals surface area (Å²) in [5.41, 5.74) is 2.00. The smallest absolute Gasteiger partial charge is 0.336 e. The fraction of sp³-hybridized carbons (Fsp3) is 0.421. The largest absolute Gasteiger partial charge is 0.478 e. The number of aliphatic carboxylic acids is 1. The second kappa shape index (κ2) is 8.12. The summed E-state index contributed by atoms with van der Waals surface area (Å²) in [5, 5.41) is 10.4. The number of methoxy groups -OCH3 is 1. The monoisotopic (exact) mass is 378 g/mol. The van der Waals surface area contributed by atoms with Gasteiger partial charge in [-0.05, 0) is 36.3 Å². The van der Waals surface area contributed by atoms with E-state index in [1.807, 2.05) is 42.2 Å². The predicted octanol–water partition coefficient (Wildman–Crippen LogP) is 2.70. The van der Waals surface area contributed by atoms with Crippen LogP contribution in [0, 0.1) is 0 Å². The maximum absolute atomic E-state index is 11.8. The number of carboxylic acid groups (broad SMARTS) is 1. The summed E-state index contributed by atoms with van der Waals surface area (Å²) in [7, 11) is 1.54. The van der Waals surface area contributed by atoms with Gasteiger partial charge < -0.3 is 24.4 Å². The number of carbonyl (C=O) groups is 1. The van der Waals surface area contributed by atoms with E-state index in [4.69, 9.17) is 21.1 Å². The molecule has 0 amide bonds. The fourth-order valence-electron chi connectivity index (χ4n) is 3.36. The molecular weight excluding hydrogens is 356 g/mol. The van der Waals surface area contributed by atoms with E-state index in [1.54, 1.807) is 0 Å². The van der Waals surface area contributed by atoms with E-state index in [-0.39, 0.29) is 5.57 Å². The topological polar surface area (TPSA) is 62.2 Å². The molecule has 2 heterocycles. The highest BCUT2D eigenvalue weighted by molar-refractivity contribution is 6.30. The second-order valence-electron chi connectivity index (χ2n) is 6.35. The summed E-state index contributed by atoms with van der Waals surface area (Å²) in [6.45, 7) is 5.15. The van der Waals surface area contributed by atoms with Crippen molar-refractivity contribution < 1.29 is 19.4 Å². The molecule has 1 atom stereocenters. The Balaban J connectivity index is 1.99. The summed E-state index contributed by atoms with van der Waals surface area (Å²) in [6.07, 6.45) is 1.27. The third kappa shape index (κ3) is 3.87. The van der Waals surface area contributed by atoms with Crippen molar-refractivity contribution in [1.82, 2.24) is 9.80 Å². The van der Waals surface area contributed by atoms with Crippen LogP contribution in [-0.2, 0) is 20.8 Å². The Labute approximate surface area is 158 Å². The van der Waals surface area contributed by atoms with E-state index in [9.17, 15) is 9.90 Å². The van der Waals surface area contributed by atoms with Gasteiger partial charge in [-0.15, -0.1) is 0 Å². The molecule has 3 rings (SSSR count). The van der Waals surface area contributed by atoms with Crippen LogP contribution < -0.4 is 0 Å². The van der Waals surface area contributed by atoms with Gasteiger partial charge >= 0.3 is 5.97 Å². The summed E-state index contributed by atoms with van der Waals surface area (Å²) < 4.78 is 11.1. The molecule has 0 aromatic heterocycles. The molecule has 0 aliphatic carbocycles. The van der Waals surface area contributed by atoms with Gasteiger partial charge in [0.2, 0.25) is 0 Å². The molecule has 26 heavy (non-hydrogen) atoms. The standard InChI is InChI=1S/C19H23ClN2O4/c1-13-11-16(21-7-9-26-10-8-21)22(18(25-2)17(13)19(23)24)12-14-3-5-15(20)6-4-14/h3-6,11,18H,7-10,12H2,1-2H3,(H,23,24). The van der Waals surface area contributed by atoms with E-state index in [0.717, 1.165) is 24.5 Å². The van der Waals surface area contributed by atoms with Crippen molar-refractivity contribution in [3.8, 4) is 0 Å². The first kappa shape index (κ1) is 18.8. The van der Waals surface area contributed by atoms with Crippen molar-refractivity contribution in [2.24, 2.45) is 0 Å². The quantitative estimate of drug-likeness (QED) is 0.850. The Bertz CT molecular complexity index is 724. The van der Waals surface area contributed by atoms with E-state index in [1.165, 1.54) is 7.11 Å². The number of allylic oxidation sites excluding steroid dienone is 2. The van der Waals surface area contributed by atoms with Gasteiger partial charge in [-0.3, -0.25) is 0 Å². The van der Waals surface area contributed by atoms with Crippen molar-refractivity contribution in [3.05, 3.63) is 57.9 Å². The number of rotatable bonds is 5. The van der Waals surface area contributed by atoms with Gasteiger partial charge in [0.25, 0.3) is 0 Å². The van der Waals surface area contributed by atoms with Gasteiger partial charge in [-0.25, -0.2) is 4.79 Å². The second-order valence-corrected chi connectivity index (χ2v) is 6.78. The van der Waals surface area contributed by atoms with Crippen LogP contribution in [-0.4, -0.2) is 60.5 Å². The van der Waals surface area contributed by atoms with Crippen LogP contribution in [0.1, 0.15) is 12.5 Å². The summed E-state index contributed by atoms with van der Waals surface area (Å²) in [6, 6.07) is 7.55. The lowest BCUT2D eigenvalue weighted by Gasteiger charge is -2.44. The van der Waals surface area contributed by atoms with E-state index in [2.05, 4.69) is 4.90 Å². The Morgan fingerprint density at radius 1 is 1.31 bits per heavy atom. The molecule has 1 saturated heterocycles. The minimum absolute atomic E-state index is 0.262. The van der Waals surface area contributed by atoms with Crippen LogP contribution in [0.2, 0.25) is 5.02 Å². The molecule has 0 bridgehead atoms. The van der Waals surface area contributed by atoms with Crippen molar-refractivity contribution >= 4 is 17.6 Å². The van der Waals surface area contributed by atoms with Crippen LogP contribution >= 0.6 is 11.6 Å². The van der Waals surface area contributed by atoms with Gasteiger partial charge in [0, 0.05) is 31.8 Å². The van der Waals surface area contributed by atoms with Crippen LogP contribution in [0.15, 0.2) is 47.3 Å². The molecule has 2 aliphatic rings. The maximum atomic E-state index is 11.8. The van der Waals surface area contributed by atoms with E-state index in [0.29, 0.717) is 30.4 Å². The van der Waals surface area contributed by atoms with Crippen molar-refractivity contribution in [3.63, 3.8) is 0 Å². The summed E-state index contributed by atoms with van der Waals surface area (Å²) in [5.74, 6) is -0.00895. The Morgan fingerprint density at radius 3 is 2.54 bits per heavy atom. The summed E-state index contributed by atoms with van der Waals surface area (Å²) >= 11 is 5.99. The molecule has 0 radical (unpaired) electrons.